The molecule has 0 aliphatic rings. The fraction of sp³-hybridized carbons (Fsp3) is 0.118. The fourth-order valence-electron chi connectivity index (χ4n) is 1.98. The Morgan fingerprint density at radius 3 is 2.36 bits per heavy atom. The lowest BCUT2D eigenvalue weighted by Gasteiger charge is -2.13. The van der Waals surface area contributed by atoms with Gasteiger partial charge in [0.05, 0.1) is 11.0 Å². The molecule has 5 nitrogen and oxygen atoms in total. The van der Waals surface area contributed by atoms with Crippen LogP contribution in [0.5, 0.6) is 0 Å². The first-order valence-corrected chi connectivity index (χ1v) is 6.65. The number of rotatable bonds is 5. The van der Waals surface area contributed by atoms with Gasteiger partial charge in [-0.1, -0.05) is 36.3 Å². The minimum atomic E-state index is -0.513. The third-order valence-corrected chi connectivity index (χ3v) is 3.13. The van der Waals surface area contributed by atoms with E-state index in [1.165, 1.54) is 24.3 Å². The maximum absolute atomic E-state index is 12.1. The maximum atomic E-state index is 12.1. The van der Waals surface area contributed by atoms with Crippen LogP contribution in [0, 0.1) is 22.5 Å². The van der Waals surface area contributed by atoms with Crippen LogP contribution in [0.1, 0.15) is 15.9 Å². The number of nitro groups is 1. The molecule has 1 amide bonds. The van der Waals surface area contributed by atoms with Crippen molar-refractivity contribution in [3.05, 3.63) is 75.8 Å². The summed E-state index contributed by atoms with van der Waals surface area (Å²) in [6.07, 6.45) is 5.98. The van der Waals surface area contributed by atoms with Gasteiger partial charge in [-0.2, -0.15) is 0 Å². The number of benzene rings is 2. The van der Waals surface area contributed by atoms with Crippen LogP contribution in [-0.4, -0.2) is 16.9 Å². The van der Waals surface area contributed by atoms with Gasteiger partial charge in [-0.05, 0) is 17.7 Å². The minimum Gasteiger partial charge on any atom is -0.338 e. The van der Waals surface area contributed by atoms with Crippen molar-refractivity contribution in [1.29, 1.82) is 0 Å². The standard InChI is InChI=1S/C17H14N2O3/c1-2-15(12-13-6-4-3-5-7-13)18-17(20)14-8-10-16(11-9-14)19(21)22/h1,3-11,15H,12H2,(H,18,20)/t15-/m1/s1. The lowest BCUT2D eigenvalue weighted by molar-refractivity contribution is -0.384. The van der Waals surface area contributed by atoms with Crippen LogP contribution in [-0.2, 0) is 6.42 Å². The summed E-state index contributed by atoms with van der Waals surface area (Å²) in [5, 5.41) is 13.3. The van der Waals surface area contributed by atoms with E-state index in [1.54, 1.807) is 0 Å². The second-order valence-corrected chi connectivity index (χ2v) is 4.69. The van der Waals surface area contributed by atoms with Gasteiger partial charge in [0, 0.05) is 24.1 Å². The molecule has 0 aliphatic heterocycles. The molecule has 0 spiro atoms. The highest BCUT2D eigenvalue weighted by Gasteiger charge is 2.13. The molecule has 0 unspecified atom stereocenters. The van der Waals surface area contributed by atoms with E-state index in [2.05, 4.69) is 11.2 Å². The quantitative estimate of drug-likeness (QED) is 0.523. The molecule has 22 heavy (non-hydrogen) atoms. The maximum Gasteiger partial charge on any atom is 0.269 e. The van der Waals surface area contributed by atoms with Crippen LogP contribution < -0.4 is 5.32 Å². The Bertz CT molecular complexity index is 703. The zero-order chi connectivity index (χ0) is 15.9. The first-order chi connectivity index (χ1) is 10.6. The van der Waals surface area contributed by atoms with E-state index < -0.39 is 11.0 Å². The van der Waals surface area contributed by atoms with Crippen molar-refractivity contribution in [2.45, 2.75) is 12.5 Å². The Balaban J connectivity index is 2.03. The van der Waals surface area contributed by atoms with Crippen LogP contribution in [0.3, 0.4) is 0 Å². The van der Waals surface area contributed by atoms with Gasteiger partial charge in [0.25, 0.3) is 11.6 Å². The third-order valence-electron chi connectivity index (χ3n) is 3.13. The van der Waals surface area contributed by atoms with Crippen molar-refractivity contribution in [2.24, 2.45) is 0 Å². The van der Waals surface area contributed by atoms with E-state index >= 15 is 0 Å². The zero-order valence-electron chi connectivity index (χ0n) is 11.7. The number of non-ortho nitro benzene ring substituents is 1. The van der Waals surface area contributed by atoms with Gasteiger partial charge in [-0.3, -0.25) is 14.9 Å². The number of nitrogens with one attached hydrogen (secondary N) is 1. The van der Waals surface area contributed by atoms with Crippen molar-refractivity contribution in [3.63, 3.8) is 0 Å². The van der Waals surface area contributed by atoms with Crippen molar-refractivity contribution in [2.75, 3.05) is 0 Å². The lowest BCUT2D eigenvalue weighted by atomic mass is 10.1. The molecule has 0 bridgehead atoms. The topological polar surface area (TPSA) is 72.2 Å². The fourth-order valence-corrected chi connectivity index (χ4v) is 1.98. The zero-order valence-corrected chi connectivity index (χ0v) is 11.7. The van der Waals surface area contributed by atoms with Crippen molar-refractivity contribution < 1.29 is 9.72 Å². The highest BCUT2D eigenvalue weighted by Crippen LogP contribution is 2.12. The van der Waals surface area contributed by atoms with Crippen LogP contribution in [0.15, 0.2) is 54.6 Å². The van der Waals surface area contributed by atoms with Crippen molar-refractivity contribution in [1.82, 2.24) is 5.32 Å². The average Bonchev–Trinajstić information content (AvgIpc) is 2.55. The van der Waals surface area contributed by atoms with Gasteiger partial charge in [0.1, 0.15) is 0 Å². The van der Waals surface area contributed by atoms with Crippen LogP contribution in [0.2, 0.25) is 0 Å². The Labute approximate surface area is 128 Å². The molecule has 2 aromatic carbocycles. The molecule has 110 valence electrons. The highest BCUT2D eigenvalue weighted by atomic mass is 16.6. The van der Waals surface area contributed by atoms with E-state index in [0.29, 0.717) is 12.0 Å². The normalized spacial score (nSPS) is 11.2. The molecule has 2 aromatic rings. The Hall–Kier alpha value is -3.13. The highest BCUT2D eigenvalue weighted by molar-refractivity contribution is 5.94. The van der Waals surface area contributed by atoms with Gasteiger partial charge in [-0.15, -0.1) is 6.42 Å². The molecular weight excluding hydrogens is 280 g/mol. The van der Waals surface area contributed by atoms with Crippen molar-refractivity contribution in [3.8, 4) is 12.3 Å². The molecule has 0 fully saturated rings. The number of terminal acetylenes is 1. The van der Waals surface area contributed by atoms with E-state index in [9.17, 15) is 14.9 Å². The summed E-state index contributed by atoms with van der Waals surface area (Å²) in [4.78, 5) is 22.2. The van der Waals surface area contributed by atoms with Crippen LogP contribution >= 0.6 is 0 Å². The summed E-state index contributed by atoms with van der Waals surface area (Å²) in [6.45, 7) is 0. The van der Waals surface area contributed by atoms with Gasteiger partial charge in [0.2, 0.25) is 0 Å². The summed E-state index contributed by atoms with van der Waals surface area (Å²) in [6, 6.07) is 14.5. The van der Waals surface area contributed by atoms with Gasteiger partial charge in [-0.25, -0.2) is 0 Å². The number of hydrogen-bond donors (Lipinski definition) is 1. The van der Waals surface area contributed by atoms with Crippen LogP contribution in [0.25, 0.3) is 0 Å². The van der Waals surface area contributed by atoms with Gasteiger partial charge >= 0.3 is 0 Å². The average molecular weight is 294 g/mol. The van der Waals surface area contributed by atoms with Gasteiger partial charge < -0.3 is 5.32 Å². The number of amides is 1. The molecule has 0 radical (unpaired) electrons. The SMILES string of the molecule is C#C[C@H](Cc1ccccc1)NC(=O)c1ccc([N+](=O)[O-])cc1. The number of nitro benzene ring substituents is 1. The number of nitrogens with zero attached hydrogens (tertiary/aromatic N) is 1. The van der Waals surface area contributed by atoms with Gasteiger partial charge in [0.15, 0.2) is 0 Å². The molecule has 0 saturated carbocycles. The Morgan fingerprint density at radius 2 is 1.82 bits per heavy atom. The molecule has 5 heteroatoms. The molecular formula is C17H14N2O3. The molecule has 1 N–H and O–H groups in total. The Kier molecular flexibility index (Phi) is 4.89. The summed E-state index contributed by atoms with van der Waals surface area (Å²) in [5.41, 5.74) is 1.29. The van der Waals surface area contributed by atoms with Crippen molar-refractivity contribution >= 4 is 11.6 Å². The number of carbonyl (C=O) groups is 1. The molecule has 2 rings (SSSR count). The summed E-state index contributed by atoms with van der Waals surface area (Å²) >= 11 is 0. The smallest absolute Gasteiger partial charge is 0.269 e. The first kappa shape index (κ1) is 15.3. The molecule has 0 heterocycles. The second-order valence-electron chi connectivity index (χ2n) is 4.69. The number of hydrogen-bond acceptors (Lipinski definition) is 3. The lowest BCUT2D eigenvalue weighted by Crippen LogP contribution is -2.35. The van der Waals surface area contributed by atoms with E-state index in [4.69, 9.17) is 6.42 Å². The molecule has 0 aromatic heterocycles. The molecule has 0 saturated heterocycles. The minimum absolute atomic E-state index is 0.0608. The summed E-state index contributed by atoms with van der Waals surface area (Å²) in [5.74, 6) is 2.19. The molecule has 0 aliphatic carbocycles. The predicted octanol–water partition coefficient (Wildman–Crippen LogP) is 2.57. The Morgan fingerprint density at radius 1 is 1.18 bits per heavy atom. The summed E-state index contributed by atoms with van der Waals surface area (Å²) in [7, 11) is 0. The third kappa shape index (κ3) is 3.93. The van der Waals surface area contributed by atoms with E-state index in [-0.39, 0.29) is 11.6 Å². The largest absolute Gasteiger partial charge is 0.338 e. The molecule has 1 atom stereocenters. The first-order valence-electron chi connectivity index (χ1n) is 6.65. The van der Waals surface area contributed by atoms with Crippen LogP contribution in [0.4, 0.5) is 5.69 Å². The van der Waals surface area contributed by atoms with E-state index in [1.807, 2.05) is 30.3 Å². The second kappa shape index (κ2) is 7.04. The predicted molar refractivity (Wildman–Crippen MR) is 83.3 cm³/mol. The van der Waals surface area contributed by atoms with E-state index in [0.717, 1.165) is 5.56 Å². The number of carbonyl (C=O) groups excluding carboxylic acids is 1. The monoisotopic (exact) mass is 294 g/mol. The summed E-state index contributed by atoms with van der Waals surface area (Å²) < 4.78 is 0.